The number of nitrogens with one attached hydrogen (secondary N) is 2. The molecular weight excluding hydrogens is 362 g/mol. The summed E-state index contributed by atoms with van der Waals surface area (Å²) in [5, 5.41) is 5.81. The average molecular weight is 385 g/mol. The Balaban J connectivity index is 1.71. The highest BCUT2D eigenvalue weighted by Gasteiger charge is 2.19. The third-order valence-corrected chi connectivity index (χ3v) is 5.51. The number of thioether (sulfide) groups is 1. The number of fused-ring (bicyclic) bond motifs is 1. The van der Waals surface area contributed by atoms with Gasteiger partial charge in [0, 0.05) is 17.0 Å². The maximum Gasteiger partial charge on any atom is 0.251 e. The number of nitrogens with zero attached hydrogens (tertiary/aromatic N) is 1. The van der Waals surface area contributed by atoms with Crippen LogP contribution < -0.4 is 15.4 Å². The summed E-state index contributed by atoms with van der Waals surface area (Å²) in [5.74, 6) is 0.977. The molecule has 0 fully saturated rings. The molecule has 1 atom stereocenters. The normalized spacial score (nSPS) is 14.3. The first-order valence-corrected chi connectivity index (χ1v) is 9.62. The van der Waals surface area contributed by atoms with E-state index in [1.807, 2.05) is 44.4 Å². The fraction of sp³-hybridized carbons (Fsp3) is 0.300. The van der Waals surface area contributed by atoms with Crippen LogP contribution in [0.15, 0.2) is 47.4 Å². The van der Waals surface area contributed by atoms with Crippen molar-refractivity contribution in [2.75, 3.05) is 38.8 Å². The zero-order chi connectivity index (χ0) is 19.4. The molecule has 2 aromatic rings. The van der Waals surface area contributed by atoms with Crippen LogP contribution in [0.3, 0.4) is 0 Å². The second-order valence-corrected chi connectivity index (χ2v) is 7.53. The molecule has 2 N–H and O–H groups in total. The second-order valence-electron chi connectivity index (χ2n) is 6.51. The molecule has 0 bridgehead atoms. The van der Waals surface area contributed by atoms with Gasteiger partial charge in [-0.1, -0.05) is 12.1 Å². The minimum absolute atomic E-state index is 0.0111. The Morgan fingerprint density at radius 2 is 2.11 bits per heavy atom. The van der Waals surface area contributed by atoms with E-state index in [0.717, 1.165) is 16.2 Å². The first kappa shape index (κ1) is 19.3. The Bertz CT molecular complexity index is 854. The van der Waals surface area contributed by atoms with E-state index in [-0.39, 0.29) is 17.9 Å². The Morgan fingerprint density at radius 3 is 2.85 bits per heavy atom. The number of hydrogen-bond acceptors (Lipinski definition) is 5. The molecule has 27 heavy (non-hydrogen) atoms. The molecular formula is C20H23N3O3S. The van der Waals surface area contributed by atoms with Crippen LogP contribution in [0.25, 0.3) is 0 Å². The smallest absolute Gasteiger partial charge is 0.251 e. The van der Waals surface area contributed by atoms with Gasteiger partial charge in [0.05, 0.1) is 24.6 Å². The third-order valence-electron chi connectivity index (χ3n) is 4.43. The molecule has 2 aromatic carbocycles. The molecule has 0 radical (unpaired) electrons. The molecule has 1 unspecified atom stereocenters. The Hall–Kier alpha value is -2.51. The molecule has 3 rings (SSSR count). The molecule has 6 nitrogen and oxygen atoms in total. The zero-order valence-corrected chi connectivity index (χ0v) is 16.4. The quantitative estimate of drug-likeness (QED) is 0.800. The molecule has 2 amide bonds. The van der Waals surface area contributed by atoms with Gasteiger partial charge >= 0.3 is 0 Å². The molecule has 142 valence electrons. The molecule has 0 aromatic heterocycles. The lowest BCUT2D eigenvalue weighted by Crippen LogP contribution is -2.34. The lowest BCUT2D eigenvalue weighted by Gasteiger charge is -2.25. The Labute approximate surface area is 163 Å². The number of methoxy groups -OCH3 is 1. The van der Waals surface area contributed by atoms with Gasteiger partial charge in [0.15, 0.2) is 0 Å². The molecule has 0 aliphatic carbocycles. The number of anilines is 1. The van der Waals surface area contributed by atoms with E-state index in [2.05, 4.69) is 15.5 Å². The van der Waals surface area contributed by atoms with Crippen LogP contribution in [0, 0.1) is 0 Å². The average Bonchev–Trinajstić information content (AvgIpc) is 2.67. The Morgan fingerprint density at radius 1 is 1.30 bits per heavy atom. The van der Waals surface area contributed by atoms with Crippen LogP contribution in [0.1, 0.15) is 22.0 Å². The summed E-state index contributed by atoms with van der Waals surface area (Å²) in [6.07, 6.45) is 0. The van der Waals surface area contributed by atoms with Crippen molar-refractivity contribution < 1.29 is 14.3 Å². The van der Waals surface area contributed by atoms with Crippen molar-refractivity contribution in [1.82, 2.24) is 10.2 Å². The van der Waals surface area contributed by atoms with E-state index in [1.165, 1.54) is 11.8 Å². The summed E-state index contributed by atoms with van der Waals surface area (Å²) in [4.78, 5) is 27.2. The van der Waals surface area contributed by atoms with Crippen molar-refractivity contribution in [3.8, 4) is 5.75 Å². The van der Waals surface area contributed by atoms with Gasteiger partial charge in [0.1, 0.15) is 5.75 Å². The standard InChI is InChI=1S/C20H23N3O3S/c1-23(2)17(13-5-4-6-15(9-13)26-3)11-21-20(25)14-7-8-18-16(10-14)22-19(24)12-27-18/h4-10,17H,11-12H2,1-3H3,(H,21,25)(H,22,24). The number of hydrogen-bond donors (Lipinski definition) is 2. The summed E-state index contributed by atoms with van der Waals surface area (Å²) in [5.41, 5.74) is 2.29. The molecule has 1 aliphatic rings. The van der Waals surface area contributed by atoms with Crippen molar-refractivity contribution in [3.05, 3.63) is 53.6 Å². The van der Waals surface area contributed by atoms with Crippen LogP contribution in [0.5, 0.6) is 5.75 Å². The van der Waals surface area contributed by atoms with Crippen LogP contribution in [0.2, 0.25) is 0 Å². The fourth-order valence-electron chi connectivity index (χ4n) is 2.96. The molecule has 7 heteroatoms. The van der Waals surface area contributed by atoms with Gasteiger partial charge < -0.3 is 20.3 Å². The topological polar surface area (TPSA) is 70.7 Å². The van der Waals surface area contributed by atoms with E-state index >= 15 is 0 Å². The number of carbonyl (C=O) groups excluding carboxylic acids is 2. The van der Waals surface area contributed by atoms with Crippen LogP contribution >= 0.6 is 11.8 Å². The minimum atomic E-state index is -0.169. The van der Waals surface area contributed by atoms with Gasteiger partial charge in [0.25, 0.3) is 5.91 Å². The van der Waals surface area contributed by atoms with Gasteiger partial charge in [-0.3, -0.25) is 9.59 Å². The number of ether oxygens (including phenoxy) is 1. The maximum absolute atomic E-state index is 12.6. The van der Waals surface area contributed by atoms with E-state index in [0.29, 0.717) is 23.5 Å². The molecule has 0 saturated carbocycles. The number of benzene rings is 2. The highest BCUT2D eigenvalue weighted by atomic mass is 32.2. The first-order chi connectivity index (χ1) is 13.0. The van der Waals surface area contributed by atoms with Crippen molar-refractivity contribution in [2.24, 2.45) is 0 Å². The second kappa shape index (κ2) is 8.45. The molecule has 0 spiro atoms. The molecule has 1 aliphatic heterocycles. The van der Waals surface area contributed by atoms with Crippen molar-refractivity contribution in [1.29, 1.82) is 0 Å². The summed E-state index contributed by atoms with van der Waals surface area (Å²) < 4.78 is 5.30. The van der Waals surface area contributed by atoms with E-state index < -0.39 is 0 Å². The van der Waals surface area contributed by atoms with Gasteiger partial charge in [-0.2, -0.15) is 0 Å². The van der Waals surface area contributed by atoms with Crippen molar-refractivity contribution in [3.63, 3.8) is 0 Å². The minimum Gasteiger partial charge on any atom is -0.497 e. The van der Waals surface area contributed by atoms with Gasteiger partial charge in [-0.15, -0.1) is 11.8 Å². The van der Waals surface area contributed by atoms with Crippen LogP contribution in [-0.4, -0.2) is 50.2 Å². The first-order valence-electron chi connectivity index (χ1n) is 8.63. The van der Waals surface area contributed by atoms with Crippen LogP contribution in [0.4, 0.5) is 5.69 Å². The highest BCUT2D eigenvalue weighted by molar-refractivity contribution is 8.00. The SMILES string of the molecule is COc1cccc(C(CNC(=O)c2ccc3c(c2)NC(=O)CS3)N(C)C)c1. The third kappa shape index (κ3) is 4.61. The highest BCUT2D eigenvalue weighted by Crippen LogP contribution is 2.32. The predicted octanol–water partition coefficient (Wildman–Crippen LogP) is 2.77. The zero-order valence-electron chi connectivity index (χ0n) is 15.6. The van der Waals surface area contributed by atoms with Gasteiger partial charge in [0.2, 0.25) is 5.91 Å². The largest absolute Gasteiger partial charge is 0.497 e. The van der Waals surface area contributed by atoms with Crippen LogP contribution in [-0.2, 0) is 4.79 Å². The summed E-state index contributed by atoms with van der Waals surface area (Å²) >= 11 is 1.48. The van der Waals surface area contributed by atoms with Crippen molar-refractivity contribution in [2.45, 2.75) is 10.9 Å². The summed E-state index contributed by atoms with van der Waals surface area (Å²) in [6, 6.07) is 13.2. The summed E-state index contributed by atoms with van der Waals surface area (Å²) in [7, 11) is 5.59. The number of rotatable bonds is 6. The monoisotopic (exact) mass is 385 g/mol. The number of likely N-dealkylation sites (N-methyl/N-ethyl adjacent to an activating group) is 1. The molecule has 1 heterocycles. The number of amides is 2. The lowest BCUT2D eigenvalue weighted by atomic mass is 10.1. The van der Waals surface area contributed by atoms with Crippen molar-refractivity contribution >= 4 is 29.3 Å². The van der Waals surface area contributed by atoms with E-state index in [1.54, 1.807) is 19.2 Å². The molecule has 0 saturated heterocycles. The maximum atomic E-state index is 12.6. The van der Waals surface area contributed by atoms with E-state index in [4.69, 9.17) is 4.74 Å². The fourth-order valence-corrected chi connectivity index (χ4v) is 3.75. The van der Waals surface area contributed by atoms with E-state index in [9.17, 15) is 9.59 Å². The summed E-state index contributed by atoms with van der Waals surface area (Å²) in [6.45, 7) is 0.456. The van der Waals surface area contributed by atoms with Gasteiger partial charge in [-0.05, 0) is 50.0 Å². The lowest BCUT2D eigenvalue weighted by molar-refractivity contribution is -0.113. The Kier molecular flexibility index (Phi) is 6.03. The predicted molar refractivity (Wildman–Crippen MR) is 108 cm³/mol. The number of carbonyl (C=O) groups is 2. The van der Waals surface area contributed by atoms with Gasteiger partial charge in [-0.25, -0.2) is 0 Å².